The number of benzene rings is 2. The zero-order chi connectivity index (χ0) is 14.7. The average Bonchev–Trinajstić information content (AvgIpc) is 2.56. The molecule has 0 saturated heterocycles. The molecule has 0 amide bonds. The standard InChI is InChI=1S/C18H11FN2/c19-16-9-7-15(8-10-16)18-17(2-1-11-21-18)14-5-3-13(12-20)4-6-14/h1-11H. The highest BCUT2D eigenvalue weighted by molar-refractivity contribution is 5.80. The van der Waals surface area contributed by atoms with Crippen molar-refractivity contribution < 1.29 is 4.39 Å². The van der Waals surface area contributed by atoms with Crippen LogP contribution in [0.1, 0.15) is 5.56 Å². The Balaban J connectivity index is 2.11. The molecule has 3 heteroatoms. The summed E-state index contributed by atoms with van der Waals surface area (Å²) in [6.45, 7) is 0. The predicted molar refractivity (Wildman–Crippen MR) is 79.8 cm³/mol. The highest BCUT2D eigenvalue weighted by atomic mass is 19.1. The smallest absolute Gasteiger partial charge is 0.123 e. The Bertz CT molecular complexity index is 800. The van der Waals surface area contributed by atoms with E-state index >= 15 is 0 Å². The van der Waals surface area contributed by atoms with E-state index in [1.165, 1.54) is 12.1 Å². The molecule has 2 nitrogen and oxygen atoms in total. The Kier molecular flexibility index (Phi) is 3.44. The second-order valence-electron chi connectivity index (χ2n) is 4.60. The van der Waals surface area contributed by atoms with E-state index in [4.69, 9.17) is 5.26 Å². The van der Waals surface area contributed by atoms with Gasteiger partial charge in [-0.05, 0) is 48.0 Å². The topological polar surface area (TPSA) is 36.7 Å². The number of aromatic nitrogens is 1. The first-order chi connectivity index (χ1) is 10.3. The molecule has 0 atom stereocenters. The minimum atomic E-state index is -0.269. The minimum Gasteiger partial charge on any atom is -0.256 e. The normalized spacial score (nSPS) is 10.1. The minimum absolute atomic E-state index is 0.269. The van der Waals surface area contributed by atoms with Crippen LogP contribution in [0.15, 0.2) is 66.9 Å². The lowest BCUT2D eigenvalue weighted by Gasteiger charge is -2.09. The Morgan fingerprint density at radius 2 is 1.52 bits per heavy atom. The van der Waals surface area contributed by atoms with Crippen molar-refractivity contribution in [2.75, 3.05) is 0 Å². The van der Waals surface area contributed by atoms with Crippen molar-refractivity contribution in [3.05, 3.63) is 78.2 Å². The monoisotopic (exact) mass is 274 g/mol. The molecular weight excluding hydrogens is 263 g/mol. The van der Waals surface area contributed by atoms with Crippen molar-refractivity contribution >= 4 is 0 Å². The molecule has 3 aromatic rings. The number of hydrogen-bond acceptors (Lipinski definition) is 2. The molecule has 3 rings (SSSR count). The molecule has 0 fully saturated rings. The SMILES string of the molecule is N#Cc1ccc(-c2cccnc2-c2ccc(F)cc2)cc1. The maximum Gasteiger partial charge on any atom is 0.123 e. The van der Waals surface area contributed by atoms with E-state index in [2.05, 4.69) is 11.1 Å². The van der Waals surface area contributed by atoms with Crippen molar-refractivity contribution in [2.24, 2.45) is 0 Å². The zero-order valence-electron chi connectivity index (χ0n) is 11.1. The van der Waals surface area contributed by atoms with Gasteiger partial charge in [0.15, 0.2) is 0 Å². The van der Waals surface area contributed by atoms with Crippen LogP contribution < -0.4 is 0 Å². The van der Waals surface area contributed by atoms with Crippen LogP contribution in [0.3, 0.4) is 0 Å². The van der Waals surface area contributed by atoms with Gasteiger partial charge in [0, 0.05) is 17.3 Å². The number of nitriles is 1. The lowest BCUT2D eigenvalue weighted by molar-refractivity contribution is 0.628. The fourth-order valence-electron chi connectivity index (χ4n) is 2.20. The Hall–Kier alpha value is -2.99. The molecule has 0 radical (unpaired) electrons. The van der Waals surface area contributed by atoms with Crippen LogP contribution in [0, 0.1) is 17.1 Å². The number of hydrogen-bond donors (Lipinski definition) is 0. The van der Waals surface area contributed by atoms with Crippen molar-refractivity contribution in [1.82, 2.24) is 4.98 Å². The van der Waals surface area contributed by atoms with E-state index in [0.29, 0.717) is 5.56 Å². The quantitative estimate of drug-likeness (QED) is 0.693. The van der Waals surface area contributed by atoms with Crippen molar-refractivity contribution in [3.63, 3.8) is 0 Å². The second-order valence-corrected chi connectivity index (χ2v) is 4.60. The van der Waals surface area contributed by atoms with Gasteiger partial charge in [0.1, 0.15) is 5.82 Å². The summed E-state index contributed by atoms with van der Waals surface area (Å²) in [6, 6.07) is 19.5. The zero-order valence-corrected chi connectivity index (χ0v) is 11.1. The maximum atomic E-state index is 13.1. The van der Waals surface area contributed by atoms with E-state index in [9.17, 15) is 4.39 Å². The van der Waals surface area contributed by atoms with Crippen molar-refractivity contribution in [2.45, 2.75) is 0 Å². The van der Waals surface area contributed by atoms with Gasteiger partial charge >= 0.3 is 0 Å². The number of halogens is 1. The molecule has 0 N–H and O–H groups in total. The van der Waals surface area contributed by atoms with Crippen molar-refractivity contribution in [1.29, 1.82) is 5.26 Å². The van der Waals surface area contributed by atoms with Crippen LogP contribution in [0.25, 0.3) is 22.4 Å². The number of rotatable bonds is 2. The summed E-state index contributed by atoms with van der Waals surface area (Å²) in [6.07, 6.45) is 1.71. The maximum absolute atomic E-state index is 13.1. The molecule has 0 aliphatic heterocycles. The summed E-state index contributed by atoms with van der Waals surface area (Å²) in [5.74, 6) is -0.269. The lowest BCUT2D eigenvalue weighted by Crippen LogP contribution is -1.89. The molecule has 0 bridgehead atoms. The molecular formula is C18H11FN2. The molecule has 21 heavy (non-hydrogen) atoms. The Labute approximate surface area is 122 Å². The van der Waals surface area contributed by atoms with E-state index in [1.54, 1.807) is 30.5 Å². The summed E-state index contributed by atoms with van der Waals surface area (Å²) in [5.41, 5.74) is 4.19. The van der Waals surface area contributed by atoms with E-state index in [0.717, 1.165) is 22.4 Å². The molecule has 100 valence electrons. The van der Waals surface area contributed by atoms with Crippen LogP contribution in [-0.4, -0.2) is 4.98 Å². The third-order valence-electron chi connectivity index (χ3n) is 3.25. The molecule has 0 aliphatic carbocycles. The lowest BCUT2D eigenvalue weighted by atomic mass is 9.99. The van der Waals surface area contributed by atoms with Crippen LogP contribution in [0.2, 0.25) is 0 Å². The van der Waals surface area contributed by atoms with Gasteiger partial charge in [0.25, 0.3) is 0 Å². The average molecular weight is 274 g/mol. The van der Waals surface area contributed by atoms with Gasteiger partial charge in [0.2, 0.25) is 0 Å². The highest BCUT2D eigenvalue weighted by Gasteiger charge is 2.08. The summed E-state index contributed by atoms with van der Waals surface area (Å²) in [5, 5.41) is 8.86. The van der Waals surface area contributed by atoms with Crippen LogP contribution in [-0.2, 0) is 0 Å². The van der Waals surface area contributed by atoms with E-state index < -0.39 is 0 Å². The second kappa shape index (κ2) is 5.56. The highest BCUT2D eigenvalue weighted by Crippen LogP contribution is 2.30. The summed E-state index contributed by atoms with van der Waals surface area (Å²) in [4.78, 5) is 4.41. The Morgan fingerprint density at radius 1 is 0.857 bits per heavy atom. The fraction of sp³-hybridized carbons (Fsp3) is 0. The fourth-order valence-corrected chi connectivity index (χ4v) is 2.20. The first kappa shape index (κ1) is 13.0. The van der Waals surface area contributed by atoms with Gasteiger partial charge in [0.05, 0.1) is 17.3 Å². The molecule has 0 saturated carbocycles. The number of nitrogens with zero attached hydrogens (tertiary/aromatic N) is 2. The van der Waals surface area contributed by atoms with Crippen molar-refractivity contribution in [3.8, 4) is 28.5 Å². The summed E-state index contributed by atoms with van der Waals surface area (Å²) in [7, 11) is 0. The first-order valence-electron chi connectivity index (χ1n) is 6.49. The first-order valence-corrected chi connectivity index (χ1v) is 6.49. The molecule has 0 unspecified atom stereocenters. The third kappa shape index (κ3) is 2.65. The van der Waals surface area contributed by atoms with Crippen LogP contribution in [0.4, 0.5) is 4.39 Å². The molecule has 0 aliphatic rings. The molecule has 2 aromatic carbocycles. The van der Waals surface area contributed by atoms with Gasteiger partial charge < -0.3 is 0 Å². The van der Waals surface area contributed by atoms with Crippen LogP contribution in [0.5, 0.6) is 0 Å². The summed E-state index contributed by atoms with van der Waals surface area (Å²) < 4.78 is 13.1. The third-order valence-corrected chi connectivity index (χ3v) is 3.25. The largest absolute Gasteiger partial charge is 0.256 e. The molecule has 1 heterocycles. The Morgan fingerprint density at radius 3 is 2.19 bits per heavy atom. The molecule has 0 spiro atoms. The van der Waals surface area contributed by atoms with Crippen LogP contribution >= 0.6 is 0 Å². The van der Waals surface area contributed by atoms with E-state index in [-0.39, 0.29) is 5.82 Å². The molecule has 1 aromatic heterocycles. The van der Waals surface area contributed by atoms with Gasteiger partial charge in [-0.1, -0.05) is 18.2 Å². The summed E-state index contributed by atoms with van der Waals surface area (Å²) >= 11 is 0. The van der Waals surface area contributed by atoms with Gasteiger partial charge in [-0.25, -0.2) is 4.39 Å². The van der Waals surface area contributed by atoms with Gasteiger partial charge in [-0.3, -0.25) is 4.98 Å². The van der Waals surface area contributed by atoms with E-state index in [1.807, 2.05) is 24.3 Å². The number of pyridine rings is 1. The predicted octanol–water partition coefficient (Wildman–Crippen LogP) is 4.43. The van der Waals surface area contributed by atoms with Gasteiger partial charge in [-0.15, -0.1) is 0 Å². The van der Waals surface area contributed by atoms with Gasteiger partial charge in [-0.2, -0.15) is 5.26 Å².